The molecule has 1 saturated heterocycles. The van der Waals surface area contributed by atoms with E-state index in [0.29, 0.717) is 40.8 Å². The van der Waals surface area contributed by atoms with Gasteiger partial charge in [-0.3, -0.25) is 19.3 Å². The van der Waals surface area contributed by atoms with Crippen molar-refractivity contribution in [2.75, 3.05) is 49.5 Å². The Morgan fingerprint density at radius 3 is 2.43 bits per heavy atom. The van der Waals surface area contributed by atoms with Gasteiger partial charge in [-0.05, 0) is 131 Å². The molecule has 0 spiro atoms. The highest BCUT2D eigenvalue weighted by Crippen LogP contribution is 2.67. The van der Waals surface area contributed by atoms with E-state index in [1.165, 1.54) is 38.3 Å². The van der Waals surface area contributed by atoms with E-state index in [4.69, 9.17) is 10.4 Å². The predicted molar refractivity (Wildman–Crippen MR) is 211 cm³/mol. The van der Waals surface area contributed by atoms with Gasteiger partial charge in [0, 0.05) is 98.8 Å². The van der Waals surface area contributed by atoms with Gasteiger partial charge in [-0.2, -0.15) is 0 Å². The van der Waals surface area contributed by atoms with Gasteiger partial charge in [-0.1, -0.05) is 0 Å². The topological polar surface area (TPSA) is 146 Å². The van der Waals surface area contributed by atoms with Crippen molar-refractivity contribution in [2.45, 2.75) is 85.2 Å². The lowest BCUT2D eigenvalue weighted by molar-refractivity contribution is -0.121. The number of benzene rings is 1. The van der Waals surface area contributed by atoms with Crippen molar-refractivity contribution < 1.29 is 9.59 Å². The second-order valence-corrected chi connectivity index (χ2v) is 16.5. The number of H-pyrrole nitrogens is 1. The van der Waals surface area contributed by atoms with Crippen molar-refractivity contribution in [3.8, 4) is 11.1 Å². The van der Waals surface area contributed by atoms with Gasteiger partial charge in [-0.25, -0.2) is 4.98 Å². The Morgan fingerprint density at radius 2 is 1.77 bits per heavy atom. The lowest BCUT2D eigenvalue weighted by atomic mass is 9.73. The highest BCUT2D eigenvalue weighted by molar-refractivity contribution is 6.06. The van der Waals surface area contributed by atoms with Gasteiger partial charge in [0.15, 0.2) is 0 Å². The fourth-order valence-corrected chi connectivity index (χ4v) is 10.1. The summed E-state index contributed by atoms with van der Waals surface area (Å²) in [4.78, 5) is 51.3. The summed E-state index contributed by atoms with van der Waals surface area (Å²) in [6, 6.07) is 9.78. The van der Waals surface area contributed by atoms with E-state index in [-0.39, 0.29) is 30.0 Å². The number of nitrogens with zero attached hydrogens (tertiary/aromatic N) is 3. The summed E-state index contributed by atoms with van der Waals surface area (Å²) in [7, 11) is 0. The van der Waals surface area contributed by atoms with E-state index in [1.807, 2.05) is 58.2 Å². The van der Waals surface area contributed by atoms with E-state index in [2.05, 4.69) is 30.7 Å². The van der Waals surface area contributed by atoms with E-state index in [9.17, 15) is 14.4 Å². The summed E-state index contributed by atoms with van der Waals surface area (Å²) in [6.07, 6.45) is 11.8. The van der Waals surface area contributed by atoms with E-state index in [1.54, 1.807) is 6.07 Å². The number of amides is 2. The SMILES string of the molecule is Cc1cc(C)c(CNC(=O)c2cc(-c3ccc(N4CCN(CCNC(=O)CCC56CC7CC(CC5C7)C6)CC4)nc3)cc(NC(C)C)c2C=N)c(=O)[nH]1. The van der Waals surface area contributed by atoms with Gasteiger partial charge < -0.3 is 31.2 Å². The lowest BCUT2D eigenvalue weighted by Crippen LogP contribution is -2.48. The molecular weight excluding hydrogens is 665 g/mol. The molecule has 2 unspecified atom stereocenters. The maximum Gasteiger partial charge on any atom is 0.253 e. The van der Waals surface area contributed by atoms with Gasteiger partial charge in [0.2, 0.25) is 5.91 Å². The monoisotopic (exact) mass is 720 g/mol. The van der Waals surface area contributed by atoms with Crippen LogP contribution in [0.15, 0.2) is 41.3 Å². The van der Waals surface area contributed by atoms with Gasteiger partial charge in [-0.15, -0.1) is 0 Å². The molecular formula is C42H56N8O3. The number of carbonyl (C=O) groups is 2. The molecule has 11 heteroatoms. The van der Waals surface area contributed by atoms with Crippen molar-refractivity contribution in [3.05, 3.63) is 74.8 Å². The van der Waals surface area contributed by atoms with Crippen molar-refractivity contribution in [1.82, 2.24) is 25.5 Å². The van der Waals surface area contributed by atoms with Crippen LogP contribution in [0.4, 0.5) is 11.5 Å². The van der Waals surface area contributed by atoms with Crippen molar-refractivity contribution in [2.24, 2.45) is 23.2 Å². The summed E-state index contributed by atoms with van der Waals surface area (Å²) in [6.45, 7) is 12.9. The van der Waals surface area contributed by atoms with Crippen LogP contribution in [0.5, 0.6) is 0 Å². The van der Waals surface area contributed by atoms with Crippen LogP contribution in [0.25, 0.3) is 11.1 Å². The molecule has 5 fully saturated rings. The number of rotatable bonds is 14. The molecule has 5 N–H and O–H groups in total. The molecule has 1 aliphatic heterocycles. The second-order valence-electron chi connectivity index (χ2n) is 16.5. The zero-order valence-electron chi connectivity index (χ0n) is 31.8. The highest BCUT2D eigenvalue weighted by Gasteiger charge is 2.57. The third kappa shape index (κ3) is 8.05. The minimum Gasteiger partial charge on any atom is -0.382 e. The smallest absolute Gasteiger partial charge is 0.253 e. The van der Waals surface area contributed by atoms with Crippen LogP contribution in [0.3, 0.4) is 0 Å². The molecule has 0 radical (unpaired) electrons. The first-order valence-electron chi connectivity index (χ1n) is 19.6. The molecule has 53 heavy (non-hydrogen) atoms. The Bertz CT molecular complexity index is 1880. The molecule has 3 heterocycles. The van der Waals surface area contributed by atoms with Crippen LogP contribution in [-0.2, 0) is 11.3 Å². The standard InChI is InChI=1S/C42H56N8O3/c1-26(2)47-37-20-32(19-34(35(37)23-43)40(52)46-25-36-27(3)15-28(4)48-41(36)53)31-5-6-38(45-24-31)50-13-11-49(12-14-50)10-9-44-39(51)7-8-42-21-29-16-30(22-42)18-33(42)17-29/h5-6,15,19-20,23-24,26,29-30,33,43,47H,7-14,16-18,21-22,25H2,1-4H3,(H,44,51)(H,46,52)(H,48,53). The molecule has 2 aromatic heterocycles. The molecule has 282 valence electrons. The number of anilines is 2. The van der Waals surface area contributed by atoms with Gasteiger partial charge in [0.05, 0.1) is 5.56 Å². The number of aromatic nitrogens is 2. The largest absolute Gasteiger partial charge is 0.382 e. The average Bonchev–Trinajstić information content (AvgIpc) is 3.52. The molecule has 2 amide bonds. The molecule has 4 bridgehead atoms. The van der Waals surface area contributed by atoms with Crippen LogP contribution in [0.2, 0.25) is 0 Å². The van der Waals surface area contributed by atoms with Gasteiger partial charge >= 0.3 is 0 Å². The maximum atomic E-state index is 13.6. The van der Waals surface area contributed by atoms with E-state index in [0.717, 1.165) is 85.1 Å². The number of aryl methyl sites for hydroxylation is 2. The van der Waals surface area contributed by atoms with Crippen molar-refractivity contribution in [3.63, 3.8) is 0 Å². The summed E-state index contributed by atoms with van der Waals surface area (Å²) < 4.78 is 0. The summed E-state index contributed by atoms with van der Waals surface area (Å²) in [5.74, 6) is 3.54. The number of hydrogen-bond donors (Lipinski definition) is 5. The zero-order chi connectivity index (χ0) is 37.3. The molecule has 3 aromatic rings. The molecule has 8 rings (SSSR count). The van der Waals surface area contributed by atoms with E-state index < -0.39 is 0 Å². The maximum absolute atomic E-state index is 13.6. The summed E-state index contributed by atoms with van der Waals surface area (Å²) >= 11 is 0. The molecule has 5 aliphatic rings. The highest BCUT2D eigenvalue weighted by atomic mass is 16.2. The van der Waals surface area contributed by atoms with Crippen LogP contribution in [-0.4, -0.2) is 78.2 Å². The summed E-state index contributed by atoms with van der Waals surface area (Å²) in [5, 5.41) is 17.7. The Kier molecular flexibility index (Phi) is 10.7. The minimum atomic E-state index is -0.360. The Morgan fingerprint density at radius 1 is 1.02 bits per heavy atom. The Labute approximate surface area is 313 Å². The second kappa shape index (κ2) is 15.5. The van der Waals surface area contributed by atoms with Crippen molar-refractivity contribution in [1.29, 1.82) is 5.41 Å². The van der Waals surface area contributed by atoms with Gasteiger partial charge in [0.25, 0.3) is 11.5 Å². The number of pyridine rings is 2. The Balaban J connectivity index is 0.934. The zero-order valence-corrected chi connectivity index (χ0v) is 31.8. The number of piperazine rings is 1. The van der Waals surface area contributed by atoms with Crippen molar-refractivity contribution >= 4 is 29.5 Å². The first kappa shape index (κ1) is 36.8. The fourth-order valence-electron chi connectivity index (χ4n) is 10.1. The molecule has 4 aliphatic carbocycles. The lowest BCUT2D eigenvalue weighted by Gasteiger charge is -2.35. The number of aromatic amines is 1. The van der Waals surface area contributed by atoms with E-state index >= 15 is 0 Å². The number of nitrogens with one attached hydrogen (secondary N) is 5. The quantitative estimate of drug-likeness (QED) is 0.135. The average molecular weight is 721 g/mol. The third-order valence-corrected chi connectivity index (χ3v) is 12.5. The van der Waals surface area contributed by atoms with Crippen LogP contribution in [0, 0.1) is 42.4 Å². The predicted octanol–water partition coefficient (Wildman–Crippen LogP) is 5.65. The van der Waals surface area contributed by atoms with Gasteiger partial charge in [0.1, 0.15) is 5.82 Å². The molecule has 4 saturated carbocycles. The van der Waals surface area contributed by atoms with Crippen LogP contribution < -0.4 is 26.4 Å². The Hall–Kier alpha value is -4.51. The minimum absolute atomic E-state index is 0.0780. The fraction of sp³-hybridized carbons (Fsp3) is 0.548. The number of hydrogen-bond acceptors (Lipinski definition) is 8. The number of carbonyl (C=O) groups excluding carboxylic acids is 2. The summed E-state index contributed by atoms with van der Waals surface area (Å²) in [5.41, 5.74) is 5.54. The molecule has 1 aromatic carbocycles. The first-order chi connectivity index (χ1) is 25.5. The van der Waals surface area contributed by atoms with Crippen LogP contribution >= 0.6 is 0 Å². The first-order valence-corrected chi connectivity index (χ1v) is 19.6. The van der Waals surface area contributed by atoms with Crippen LogP contribution in [0.1, 0.15) is 91.5 Å². The third-order valence-electron chi connectivity index (χ3n) is 12.5. The normalized spacial score (nSPS) is 23.4. The molecule has 2 atom stereocenters. The molecule has 11 nitrogen and oxygen atoms in total.